The van der Waals surface area contributed by atoms with Crippen LogP contribution in [0.25, 0.3) is 11.1 Å². The Morgan fingerprint density at radius 2 is 1.44 bits per heavy atom. The molecule has 174 valence electrons. The van der Waals surface area contributed by atoms with E-state index in [2.05, 4.69) is 22.8 Å². The van der Waals surface area contributed by atoms with Gasteiger partial charge in [-0.25, -0.2) is 4.79 Å². The van der Waals surface area contributed by atoms with Gasteiger partial charge in [-0.15, -0.1) is 0 Å². The first-order chi connectivity index (χ1) is 16.5. The lowest BCUT2D eigenvalue weighted by Crippen LogP contribution is -2.44. The van der Waals surface area contributed by atoms with E-state index in [1.165, 1.54) is 6.92 Å². The van der Waals surface area contributed by atoms with Crippen molar-refractivity contribution >= 4 is 18.0 Å². The second kappa shape index (κ2) is 10.2. The van der Waals surface area contributed by atoms with Crippen molar-refractivity contribution in [2.75, 3.05) is 13.2 Å². The molecule has 4 rings (SSSR count). The zero-order chi connectivity index (χ0) is 24.1. The summed E-state index contributed by atoms with van der Waals surface area (Å²) < 4.78 is 5.55. The largest absolute Gasteiger partial charge is 0.480 e. The van der Waals surface area contributed by atoms with Crippen molar-refractivity contribution in [3.05, 3.63) is 95.6 Å². The summed E-state index contributed by atoms with van der Waals surface area (Å²) in [7, 11) is 0. The van der Waals surface area contributed by atoms with E-state index in [9.17, 15) is 14.4 Å². The minimum Gasteiger partial charge on any atom is -0.480 e. The summed E-state index contributed by atoms with van der Waals surface area (Å²) in [5, 5.41) is 14.2. The maximum Gasteiger partial charge on any atom is 0.407 e. The van der Waals surface area contributed by atoms with Crippen molar-refractivity contribution in [1.82, 2.24) is 10.6 Å². The molecule has 1 aliphatic rings. The molecule has 0 saturated carbocycles. The molecule has 0 radical (unpaired) electrons. The molecular weight excluding hydrogens is 432 g/mol. The highest BCUT2D eigenvalue weighted by molar-refractivity contribution is 5.88. The summed E-state index contributed by atoms with van der Waals surface area (Å²) >= 11 is 0. The van der Waals surface area contributed by atoms with Crippen LogP contribution in [0.15, 0.2) is 78.9 Å². The first kappa shape index (κ1) is 23.0. The SMILES string of the molecule is C[C@H](NC(=O)C(CNC(=O)OCC1c2ccccc2-c2ccccc21)c1ccccc1)C(=O)O. The molecule has 0 fully saturated rings. The van der Waals surface area contributed by atoms with Gasteiger partial charge in [0.1, 0.15) is 12.6 Å². The molecule has 1 aliphatic carbocycles. The number of carbonyl (C=O) groups excluding carboxylic acids is 2. The first-order valence-electron chi connectivity index (χ1n) is 11.1. The number of hydrogen-bond acceptors (Lipinski definition) is 4. The van der Waals surface area contributed by atoms with Crippen LogP contribution in [0.1, 0.15) is 35.4 Å². The molecule has 0 spiro atoms. The highest BCUT2D eigenvalue weighted by Crippen LogP contribution is 2.44. The number of fused-ring (bicyclic) bond motifs is 3. The smallest absolute Gasteiger partial charge is 0.407 e. The van der Waals surface area contributed by atoms with Gasteiger partial charge in [0.05, 0.1) is 5.92 Å². The number of ether oxygens (including phenoxy) is 1. The van der Waals surface area contributed by atoms with E-state index in [0.717, 1.165) is 22.3 Å². The number of amides is 2. The van der Waals surface area contributed by atoms with Crippen molar-refractivity contribution in [3.8, 4) is 11.1 Å². The van der Waals surface area contributed by atoms with E-state index >= 15 is 0 Å². The average Bonchev–Trinajstić information content (AvgIpc) is 3.17. The lowest BCUT2D eigenvalue weighted by molar-refractivity contribution is -0.141. The number of carbonyl (C=O) groups is 3. The molecule has 2 atom stereocenters. The Hall–Kier alpha value is -4.13. The van der Waals surface area contributed by atoms with Gasteiger partial charge in [0.25, 0.3) is 0 Å². The molecule has 0 saturated heterocycles. The summed E-state index contributed by atoms with van der Waals surface area (Å²) in [4.78, 5) is 36.4. The van der Waals surface area contributed by atoms with Crippen molar-refractivity contribution < 1.29 is 24.2 Å². The molecule has 0 aromatic heterocycles. The van der Waals surface area contributed by atoms with Gasteiger partial charge in [0.15, 0.2) is 0 Å². The van der Waals surface area contributed by atoms with Gasteiger partial charge in [-0.3, -0.25) is 9.59 Å². The van der Waals surface area contributed by atoms with Crippen LogP contribution in [0, 0.1) is 0 Å². The van der Waals surface area contributed by atoms with Crippen LogP contribution in [0.5, 0.6) is 0 Å². The van der Waals surface area contributed by atoms with Crippen molar-refractivity contribution in [2.45, 2.75) is 24.8 Å². The Labute approximate surface area is 197 Å². The summed E-state index contributed by atoms with van der Waals surface area (Å²) in [6.45, 7) is 1.53. The van der Waals surface area contributed by atoms with Crippen LogP contribution in [-0.2, 0) is 14.3 Å². The molecule has 0 heterocycles. The fraction of sp³-hybridized carbons (Fsp3) is 0.222. The van der Waals surface area contributed by atoms with Crippen LogP contribution in [-0.4, -0.2) is 42.3 Å². The van der Waals surface area contributed by atoms with Gasteiger partial charge >= 0.3 is 12.1 Å². The average molecular weight is 459 g/mol. The topological polar surface area (TPSA) is 105 Å². The number of nitrogens with one attached hydrogen (secondary N) is 2. The second-order valence-electron chi connectivity index (χ2n) is 8.24. The fourth-order valence-corrected chi connectivity index (χ4v) is 4.26. The summed E-state index contributed by atoms with van der Waals surface area (Å²) in [6, 6.07) is 24.0. The van der Waals surface area contributed by atoms with Gasteiger partial charge in [0.2, 0.25) is 5.91 Å². The Bertz CT molecular complexity index is 1150. The monoisotopic (exact) mass is 458 g/mol. The quantitative estimate of drug-likeness (QED) is 0.475. The Balaban J connectivity index is 1.41. The molecule has 3 N–H and O–H groups in total. The normalized spacial score (nSPS) is 13.8. The summed E-state index contributed by atoms with van der Waals surface area (Å²) in [5.74, 6) is -2.45. The van der Waals surface area contributed by atoms with Gasteiger partial charge < -0.3 is 20.5 Å². The first-order valence-corrected chi connectivity index (χ1v) is 11.1. The van der Waals surface area contributed by atoms with E-state index in [4.69, 9.17) is 9.84 Å². The molecule has 3 aromatic carbocycles. The van der Waals surface area contributed by atoms with Crippen LogP contribution in [0.3, 0.4) is 0 Å². The van der Waals surface area contributed by atoms with Crippen molar-refractivity contribution in [2.24, 2.45) is 0 Å². The number of aliphatic carboxylic acids is 1. The number of carboxylic acid groups (broad SMARTS) is 1. The third-order valence-electron chi connectivity index (χ3n) is 6.04. The zero-order valence-electron chi connectivity index (χ0n) is 18.7. The third-order valence-corrected chi connectivity index (χ3v) is 6.04. The molecule has 0 aliphatic heterocycles. The standard InChI is InChI=1S/C27H26N2O5/c1-17(26(31)32)29-25(30)23(18-9-3-2-4-10-18)15-28-27(33)34-16-24-21-13-7-5-11-19(21)20-12-6-8-14-22(20)24/h2-14,17,23-24H,15-16H2,1H3,(H,28,33)(H,29,30)(H,31,32)/t17-,23?/m0/s1. The van der Waals surface area contributed by atoms with Crippen LogP contribution in [0.4, 0.5) is 4.79 Å². The summed E-state index contributed by atoms with van der Waals surface area (Å²) in [6.07, 6.45) is -0.637. The minimum atomic E-state index is -1.13. The van der Waals surface area contributed by atoms with Crippen molar-refractivity contribution in [3.63, 3.8) is 0 Å². The Kier molecular flexibility index (Phi) is 6.92. The molecule has 7 nitrogen and oxygen atoms in total. The molecule has 0 bridgehead atoms. The van der Waals surface area contributed by atoms with Crippen LogP contribution >= 0.6 is 0 Å². The second-order valence-corrected chi connectivity index (χ2v) is 8.24. The lowest BCUT2D eigenvalue weighted by Gasteiger charge is -2.20. The molecule has 2 amide bonds. The van der Waals surface area contributed by atoms with Gasteiger partial charge in [0, 0.05) is 12.5 Å². The molecule has 7 heteroatoms. The van der Waals surface area contributed by atoms with E-state index in [-0.39, 0.29) is 19.1 Å². The number of rotatable bonds is 8. The van der Waals surface area contributed by atoms with Crippen LogP contribution < -0.4 is 10.6 Å². The van der Waals surface area contributed by atoms with E-state index < -0.39 is 29.9 Å². The van der Waals surface area contributed by atoms with E-state index in [1.54, 1.807) is 24.3 Å². The molecule has 1 unspecified atom stereocenters. The number of alkyl carbamates (subject to hydrolysis) is 1. The van der Waals surface area contributed by atoms with Gasteiger partial charge in [-0.2, -0.15) is 0 Å². The van der Waals surface area contributed by atoms with Gasteiger partial charge in [-0.1, -0.05) is 78.9 Å². The Morgan fingerprint density at radius 3 is 2.03 bits per heavy atom. The fourth-order valence-electron chi connectivity index (χ4n) is 4.26. The lowest BCUT2D eigenvalue weighted by atomic mass is 9.97. The van der Waals surface area contributed by atoms with E-state index in [1.807, 2.05) is 42.5 Å². The Morgan fingerprint density at radius 1 is 0.882 bits per heavy atom. The third kappa shape index (κ3) is 4.93. The number of carboxylic acids is 1. The molecular formula is C27H26N2O5. The maximum atomic E-state index is 12.7. The minimum absolute atomic E-state index is 0.0289. The highest BCUT2D eigenvalue weighted by Gasteiger charge is 2.29. The van der Waals surface area contributed by atoms with E-state index in [0.29, 0.717) is 5.56 Å². The number of benzene rings is 3. The molecule has 34 heavy (non-hydrogen) atoms. The molecule has 3 aromatic rings. The summed E-state index contributed by atoms with van der Waals surface area (Å²) in [5.41, 5.74) is 5.17. The van der Waals surface area contributed by atoms with Crippen molar-refractivity contribution in [1.29, 1.82) is 0 Å². The van der Waals surface area contributed by atoms with Gasteiger partial charge in [-0.05, 0) is 34.7 Å². The highest BCUT2D eigenvalue weighted by atomic mass is 16.5. The predicted octanol–water partition coefficient (Wildman–Crippen LogP) is 3.90. The zero-order valence-corrected chi connectivity index (χ0v) is 18.7. The maximum absolute atomic E-state index is 12.7. The predicted molar refractivity (Wildman–Crippen MR) is 127 cm³/mol. The number of hydrogen-bond donors (Lipinski definition) is 3. The van der Waals surface area contributed by atoms with Crippen LogP contribution in [0.2, 0.25) is 0 Å².